The summed E-state index contributed by atoms with van der Waals surface area (Å²) in [7, 11) is 0. The number of hydrogen-bond donors (Lipinski definition) is 1. The molecule has 0 fully saturated rings. The Morgan fingerprint density at radius 1 is 1.18 bits per heavy atom. The molecule has 1 aliphatic heterocycles. The number of ether oxygens (including phenoxy) is 2. The van der Waals surface area contributed by atoms with E-state index in [9.17, 15) is 4.79 Å². The highest BCUT2D eigenvalue weighted by Crippen LogP contribution is 2.32. The fourth-order valence-corrected chi connectivity index (χ4v) is 2.36. The van der Waals surface area contributed by atoms with E-state index in [-0.39, 0.29) is 12.7 Å². The van der Waals surface area contributed by atoms with Gasteiger partial charge in [-0.15, -0.1) is 0 Å². The molecule has 0 radical (unpaired) electrons. The highest BCUT2D eigenvalue weighted by Gasteiger charge is 2.12. The predicted molar refractivity (Wildman–Crippen MR) is 86.4 cm³/mol. The monoisotopic (exact) mass is 315 g/mol. The van der Waals surface area contributed by atoms with Crippen LogP contribution in [0.3, 0.4) is 0 Å². The van der Waals surface area contributed by atoms with Crippen LogP contribution >= 0.6 is 11.6 Å². The number of nitrogens with one attached hydrogen (secondary N) is 1. The third-order valence-corrected chi connectivity index (χ3v) is 3.51. The number of rotatable bonds is 3. The second-order valence-corrected chi connectivity index (χ2v) is 5.33. The van der Waals surface area contributed by atoms with E-state index in [2.05, 4.69) is 5.32 Å². The number of hydrogen-bond acceptors (Lipinski definition) is 3. The molecular formula is C17H14ClNO3. The molecule has 0 saturated heterocycles. The molecule has 0 aromatic heterocycles. The average Bonchev–Trinajstić information content (AvgIpc) is 2.95. The molecule has 112 valence electrons. The lowest BCUT2D eigenvalue weighted by atomic mass is 10.2. The predicted octanol–water partition coefficient (Wildman–Crippen LogP) is 4.03. The molecule has 0 aliphatic carbocycles. The average molecular weight is 316 g/mol. The first-order valence-corrected chi connectivity index (χ1v) is 7.14. The Morgan fingerprint density at radius 3 is 2.82 bits per heavy atom. The number of carbonyl (C=O) groups is 1. The molecule has 2 aromatic carbocycles. The first kappa shape index (κ1) is 14.5. The Balaban J connectivity index is 1.68. The number of fused-ring (bicyclic) bond motifs is 1. The first-order valence-electron chi connectivity index (χ1n) is 6.77. The number of benzene rings is 2. The van der Waals surface area contributed by atoms with E-state index in [1.54, 1.807) is 24.3 Å². The summed E-state index contributed by atoms with van der Waals surface area (Å²) < 4.78 is 10.5. The third-order valence-electron chi connectivity index (χ3n) is 3.27. The second-order valence-electron chi connectivity index (χ2n) is 4.89. The lowest BCUT2D eigenvalue weighted by Crippen LogP contribution is -2.08. The molecule has 0 saturated carbocycles. The van der Waals surface area contributed by atoms with Crippen molar-refractivity contribution >= 4 is 29.3 Å². The fourth-order valence-electron chi connectivity index (χ4n) is 2.13. The molecular weight excluding hydrogens is 302 g/mol. The molecule has 0 spiro atoms. The van der Waals surface area contributed by atoms with Crippen LogP contribution < -0.4 is 14.8 Å². The van der Waals surface area contributed by atoms with Crippen LogP contribution in [-0.2, 0) is 4.79 Å². The summed E-state index contributed by atoms with van der Waals surface area (Å²) in [5.41, 5.74) is 2.52. The summed E-state index contributed by atoms with van der Waals surface area (Å²) >= 11 is 5.89. The van der Waals surface area contributed by atoms with Crippen LogP contribution in [0.15, 0.2) is 42.5 Å². The second kappa shape index (κ2) is 6.12. The minimum Gasteiger partial charge on any atom is -0.454 e. The smallest absolute Gasteiger partial charge is 0.248 e. The fraction of sp³-hybridized carbons (Fsp3) is 0.118. The molecule has 0 atom stereocenters. The Kier molecular flexibility index (Phi) is 4.02. The number of carbonyl (C=O) groups excluding carboxylic acids is 1. The zero-order chi connectivity index (χ0) is 15.5. The molecule has 1 aliphatic rings. The van der Waals surface area contributed by atoms with Gasteiger partial charge in [-0.2, -0.15) is 0 Å². The lowest BCUT2D eigenvalue weighted by molar-refractivity contribution is -0.111. The summed E-state index contributed by atoms with van der Waals surface area (Å²) in [5, 5.41) is 3.46. The number of amides is 1. The molecule has 0 bridgehead atoms. The zero-order valence-electron chi connectivity index (χ0n) is 11.9. The first-order chi connectivity index (χ1) is 10.6. The Morgan fingerprint density at radius 2 is 2.00 bits per heavy atom. The van der Waals surface area contributed by atoms with Gasteiger partial charge in [0.2, 0.25) is 12.7 Å². The van der Waals surface area contributed by atoms with Crippen molar-refractivity contribution in [2.24, 2.45) is 0 Å². The van der Waals surface area contributed by atoms with Crippen molar-refractivity contribution in [1.29, 1.82) is 0 Å². The largest absolute Gasteiger partial charge is 0.454 e. The van der Waals surface area contributed by atoms with Crippen LogP contribution in [0.2, 0.25) is 5.02 Å². The van der Waals surface area contributed by atoms with Crippen molar-refractivity contribution < 1.29 is 14.3 Å². The van der Waals surface area contributed by atoms with E-state index < -0.39 is 0 Å². The zero-order valence-corrected chi connectivity index (χ0v) is 12.7. The standard InChI is InChI=1S/C17H14ClNO3/c1-11-8-13(18)4-5-14(11)19-17(20)7-3-12-2-6-15-16(9-12)22-10-21-15/h2-9H,10H2,1H3,(H,19,20)/b7-3+. The van der Waals surface area contributed by atoms with Gasteiger partial charge in [0.1, 0.15) is 0 Å². The maximum absolute atomic E-state index is 12.0. The van der Waals surface area contributed by atoms with Crippen molar-refractivity contribution in [3.05, 3.63) is 58.6 Å². The summed E-state index contributed by atoms with van der Waals surface area (Å²) in [6.45, 7) is 2.13. The Labute approximate surface area is 133 Å². The summed E-state index contributed by atoms with van der Waals surface area (Å²) in [6.07, 6.45) is 3.20. The van der Waals surface area contributed by atoms with Crippen molar-refractivity contribution in [1.82, 2.24) is 0 Å². The Hall–Kier alpha value is -2.46. The van der Waals surface area contributed by atoms with Crippen LogP contribution in [-0.4, -0.2) is 12.7 Å². The quantitative estimate of drug-likeness (QED) is 0.870. The van der Waals surface area contributed by atoms with Crippen LogP contribution in [0.25, 0.3) is 6.08 Å². The number of anilines is 1. The number of halogens is 1. The molecule has 4 nitrogen and oxygen atoms in total. The molecule has 1 heterocycles. The van der Waals surface area contributed by atoms with E-state index >= 15 is 0 Å². The van der Waals surface area contributed by atoms with Crippen molar-refractivity contribution in [3.8, 4) is 11.5 Å². The summed E-state index contributed by atoms with van der Waals surface area (Å²) in [5.74, 6) is 1.21. The topological polar surface area (TPSA) is 47.6 Å². The number of aryl methyl sites for hydroxylation is 1. The van der Waals surface area contributed by atoms with Gasteiger partial charge in [0, 0.05) is 16.8 Å². The maximum atomic E-state index is 12.0. The van der Waals surface area contributed by atoms with Gasteiger partial charge in [0.05, 0.1) is 0 Å². The maximum Gasteiger partial charge on any atom is 0.248 e. The van der Waals surface area contributed by atoms with Crippen molar-refractivity contribution in [2.45, 2.75) is 6.92 Å². The highest BCUT2D eigenvalue weighted by molar-refractivity contribution is 6.30. The van der Waals surface area contributed by atoms with Crippen LogP contribution in [0, 0.1) is 6.92 Å². The molecule has 0 unspecified atom stereocenters. The van der Waals surface area contributed by atoms with Crippen molar-refractivity contribution in [2.75, 3.05) is 12.1 Å². The van der Waals surface area contributed by atoms with Crippen LogP contribution in [0.4, 0.5) is 5.69 Å². The van der Waals surface area contributed by atoms with E-state index in [1.165, 1.54) is 6.08 Å². The van der Waals surface area contributed by atoms with Crippen LogP contribution in [0.5, 0.6) is 11.5 Å². The Bertz CT molecular complexity index is 756. The van der Waals surface area contributed by atoms with Crippen molar-refractivity contribution in [3.63, 3.8) is 0 Å². The van der Waals surface area contributed by atoms with Gasteiger partial charge in [-0.05, 0) is 54.5 Å². The van der Waals surface area contributed by atoms with Gasteiger partial charge in [-0.1, -0.05) is 17.7 Å². The van der Waals surface area contributed by atoms with E-state index in [0.29, 0.717) is 10.8 Å². The molecule has 1 N–H and O–H groups in total. The molecule has 1 amide bonds. The third kappa shape index (κ3) is 3.23. The van der Waals surface area contributed by atoms with Crippen LogP contribution in [0.1, 0.15) is 11.1 Å². The van der Waals surface area contributed by atoms with E-state index in [4.69, 9.17) is 21.1 Å². The minimum atomic E-state index is -0.205. The molecule has 5 heteroatoms. The SMILES string of the molecule is Cc1cc(Cl)ccc1NC(=O)/C=C/c1ccc2c(c1)OCO2. The van der Waals surface area contributed by atoms with E-state index in [1.807, 2.05) is 25.1 Å². The highest BCUT2D eigenvalue weighted by atomic mass is 35.5. The summed E-state index contributed by atoms with van der Waals surface area (Å²) in [6, 6.07) is 10.8. The molecule has 2 aromatic rings. The lowest BCUT2D eigenvalue weighted by Gasteiger charge is -2.06. The van der Waals surface area contributed by atoms with E-state index in [0.717, 1.165) is 22.6 Å². The normalized spacial score (nSPS) is 12.6. The molecule has 3 rings (SSSR count). The van der Waals surface area contributed by atoms with Gasteiger partial charge < -0.3 is 14.8 Å². The van der Waals surface area contributed by atoms with Gasteiger partial charge in [0.25, 0.3) is 0 Å². The molecule has 22 heavy (non-hydrogen) atoms. The summed E-state index contributed by atoms with van der Waals surface area (Å²) in [4.78, 5) is 12.0. The van der Waals surface area contributed by atoms with Gasteiger partial charge >= 0.3 is 0 Å². The minimum absolute atomic E-state index is 0.205. The van der Waals surface area contributed by atoms with Gasteiger partial charge in [-0.25, -0.2) is 0 Å². The van der Waals surface area contributed by atoms with Gasteiger partial charge in [-0.3, -0.25) is 4.79 Å². The van der Waals surface area contributed by atoms with Gasteiger partial charge in [0.15, 0.2) is 11.5 Å².